The number of carbonyl (C=O) groups excluding carboxylic acids is 1. The first kappa shape index (κ1) is 13.2. The van der Waals surface area contributed by atoms with Gasteiger partial charge in [-0.15, -0.1) is 0 Å². The summed E-state index contributed by atoms with van der Waals surface area (Å²) in [5.74, 6) is 0.187. The summed E-state index contributed by atoms with van der Waals surface area (Å²) in [5.41, 5.74) is 7.21. The van der Waals surface area contributed by atoms with E-state index in [9.17, 15) is 4.79 Å². The molecule has 0 saturated carbocycles. The van der Waals surface area contributed by atoms with Crippen LogP contribution in [0.25, 0.3) is 0 Å². The van der Waals surface area contributed by atoms with Crippen LogP contribution in [0.3, 0.4) is 0 Å². The van der Waals surface area contributed by atoms with Crippen LogP contribution in [0.2, 0.25) is 5.02 Å². The van der Waals surface area contributed by atoms with Gasteiger partial charge in [0.1, 0.15) is 5.78 Å². The van der Waals surface area contributed by atoms with Crippen LogP contribution in [0.4, 0.5) is 0 Å². The molecule has 0 spiro atoms. The molecule has 16 heavy (non-hydrogen) atoms. The molecule has 0 atom stereocenters. The molecule has 0 unspecified atom stereocenters. The van der Waals surface area contributed by atoms with E-state index in [0.717, 1.165) is 11.1 Å². The van der Waals surface area contributed by atoms with Gasteiger partial charge in [0.25, 0.3) is 0 Å². The number of Topliss-reactive ketones (excluding diaryl/α,β-unsaturated/α-hetero) is 1. The summed E-state index contributed by atoms with van der Waals surface area (Å²) in [6, 6.07) is 5.81. The molecule has 0 heterocycles. The molecule has 3 heteroatoms. The van der Waals surface area contributed by atoms with Gasteiger partial charge in [-0.05, 0) is 30.5 Å². The topological polar surface area (TPSA) is 43.1 Å². The molecule has 88 valence electrons. The number of rotatable bonds is 4. The van der Waals surface area contributed by atoms with Crippen molar-refractivity contribution < 1.29 is 4.79 Å². The summed E-state index contributed by atoms with van der Waals surface area (Å²) in [6.07, 6.45) is 0.701. The van der Waals surface area contributed by atoms with Gasteiger partial charge in [0, 0.05) is 17.0 Å². The van der Waals surface area contributed by atoms with Crippen molar-refractivity contribution in [2.45, 2.75) is 33.7 Å². The molecular formula is C13H18ClNO. The Morgan fingerprint density at radius 3 is 2.50 bits per heavy atom. The van der Waals surface area contributed by atoms with Crippen molar-refractivity contribution in [2.24, 2.45) is 11.1 Å². The third-order valence-electron chi connectivity index (χ3n) is 2.94. The van der Waals surface area contributed by atoms with E-state index in [4.69, 9.17) is 17.3 Å². The van der Waals surface area contributed by atoms with Crippen molar-refractivity contribution in [1.82, 2.24) is 0 Å². The van der Waals surface area contributed by atoms with Gasteiger partial charge < -0.3 is 5.73 Å². The highest BCUT2D eigenvalue weighted by molar-refractivity contribution is 6.31. The molecule has 1 rings (SSSR count). The Morgan fingerprint density at radius 1 is 1.44 bits per heavy atom. The Labute approximate surface area is 102 Å². The highest BCUT2D eigenvalue weighted by atomic mass is 35.5. The van der Waals surface area contributed by atoms with Crippen LogP contribution < -0.4 is 5.73 Å². The van der Waals surface area contributed by atoms with Crippen molar-refractivity contribution in [2.75, 3.05) is 0 Å². The number of carbonyl (C=O) groups is 1. The van der Waals surface area contributed by atoms with E-state index < -0.39 is 0 Å². The molecule has 0 aliphatic carbocycles. The first-order valence-electron chi connectivity index (χ1n) is 5.35. The predicted octanol–water partition coefficient (Wildman–Crippen LogP) is 2.96. The second-order valence-electron chi connectivity index (χ2n) is 4.75. The van der Waals surface area contributed by atoms with Crippen LogP contribution in [0.5, 0.6) is 0 Å². The Hall–Kier alpha value is -0.860. The Kier molecular flexibility index (Phi) is 4.11. The van der Waals surface area contributed by atoms with Crippen molar-refractivity contribution in [3.8, 4) is 0 Å². The first-order valence-corrected chi connectivity index (χ1v) is 5.73. The minimum atomic E-state index is -0.340. The zero-order chi connectivity index (χ0) is 12.3. The molecule has 0 radical (unpaired) electrons. The maximum atomic E-state index is 11.4. The Balaban J connectivity index is 2.91. The highest BCUT2D eigenvalue weighted by Crippen LogP contribution is 2.25. The third kappa shape index (κ3) is 3.06. The van der Waals surface area contributed by atoms with Gasteiger partial charge in [-0.25, -0.2) is 0 Å². The fourth-order valence-corrected chi connectivity index (χ4v) is 1.78. The van der Waals surface area contributed by atoms with Crippen molar-refractivity contribution in [1.29, 1.82) is 0 Å². The second-order valence-corrected chi connectivity index (χ2v) is 5.15. The number of ketones is 1. The van der Waals surface area contributed by atoms with Gasteiger partial charge >= 0.3 is 0 Å². The standard InChI is InChI=1S/C13H18ClNO/c1-9(16)13(2,3)7-10-4-5-11(8-15)12(14)6-10/h4-6H,7-8,15H2,1-3H3. The Morgan fingerprint density at radius 2 is 2.06 bits per heavy atom. The van der Waals surface area contributed by atoms with Gasteiger partial charge in [-0.2, -0.15) is 0 Å². The molecule has 0 aliphatic heterocycles. The fourth-order valence-electron chi connectivity index (χ4n) is 1.50. The molecule has 0 amide bonds. The summed E-state index contributed by atoms with van der Waals surface area (Å²) >= 11 is 6.07. The fraction of sp³-hybridized carbons (Fsp3) is 0.462. The molecule has 0 aliphatic rings. The van der Waals surface area contributed by atoms with Crippen LogP contribution in [0, 0.1) is 5.41 Å². The minimum Gasteiger partial charge on any atom is -0.326 e. The molecule has 2 N–H and O–H groups in total. The lowest BCUT2D eigenvalue weighted by Gasteiger charge is -2.21. The maximum absolute atomic E-state index is 11.4. The lowest BCUT2D eigenvalue weighted by molar-refractivity contribution is -0.124. The molecule has 2 nitrogen and oxygen atoms in total. The summed E-state index contributed by atoms with van der Waals surface area (Å²) < 4.78 is 0. The van der Waals surface area contributed by atoms with E-state index in [1.165, 1.54) is 0 Å². The smallest absolute Gasteiger partial charge is 0.135 e. The van der Waals surface area contributed by atoms with Gasteiger partial charge in [0.15, 0.2) is 0 Å². The molecule has 1 aromatic carbocycles. The summed E-state index contributed by atoms with van der Waals surface area (Å²) in [7, 11) is 0. The van der Waals surface area contributed by atoms with E-state index in [0.29, 0.717) is 18.0 Å². The third-order valence-corrected chi connectivity index (χ3v) is 3.29. The van der Waals surface area contributed by atoms with Crippen LogP contribution in [0.15, 0.2) is 18.2 Å². The zero-order valence-corrected chi connectivity index (χ0v) is 10.8. The number of hydrogen-bond acceptors (Lipinski definition) is 2. The van der Waals surface area contributed by atoms with Crippen LogP contribution >= 0.6 is 11.6 Å². The molecule has 0 saturated heterocycles. The van der Waals surface area contributed by atoms with E-state index in [-0.39, 0.29) is 11.2 Å². The summed E-state index contributed by atoms with van der Waals surface area (Å²) in [4.78, 5) is 11.4. The molecular weight excluding hydrogens is 222 g/mol. The van der Waals surface area contributed by atoms with Crippen LogP contribution in [-0.2, 0) is 17.8 Å². The largest absolute Gasteiger partial charge is 0.326 e. The average Bonchev–Trinajstić information content (AvgIpc) is 2.17. The first-order chi connectivity index (χ1) is 7.36. The van der Waals surface area contributed by atoms with Gasteiger partial charge in [-0.3, -0.25) is 4.79 Å². The summed E-state index contributed by atoms with van der Waals surface area (Å²) in [6.45, 7) is 5.95. The maximum Gasteiger partial charge on any atom is 0.135 e. The van der Waals surface area contributed by atoms with E-state index in [1.54, 1.807) is 6.92 Å². The molecule has 1 aromatic rings. The van der Waals surface area contributed by atoms with Gasteiger partial charge in [0.2, 0.25) is 0 Å². The van der Waals surface area contributed by atoms with E-state index >= 15 is 0 Å². The van der Waals surface area contributed by atoms with Crippen molar-refractivity contribution in [3.05, 3.63) is 34.3 Å². The highest BCUT2D eigenvalue weighted by Gasteiger charge is 2.24. The number of hydrogen-bond donors (Lipinski definition) is 1. The monoisotopic (exact) mass is 239 g/mol. The lowest BCUT2D eigenvalue weighted by atomic mass is 9.82. The van der Waals surface area contributed by atoms with Gasteiger partial charge in [-0.1, -0.05) is 37.6 Å². The van der Waals surface area contributed by atoms with Crippen molar-refractivity contribution >= 4 is 17.4 Å². The SMILES string of the molecule is CC(=O)C(C)(C)Cc1ccc(CN)c(Cl)c1. The van der Waals surface area contributed by atoms with E-state index in [2.05, 4.69) is 0 Å². The average molecular weight is 240 g/mol. The predicted molar refractivity (Wildman–Crippen MR) is 67.5 cm³/mol. The molecule has 0 aromatic heterocycles. The van der Waals surface area contributed by atoms with Gasteiger partial charge in [0.05, 0.1) is 0 Å². The Bertz CT molecular complexity index is 399. The van der Waals surface area contributed by atoms with Crippen LogP contribution in [-0.4, -0.2) is 5.78 Å². The summed E-state index contributed by atoms with van der Waals surface area (Å²) in [5, 5.41) is 0.680. The minimum absolute atomic E-state index is 0.187. The normalized spacial score (nSPS) is 11.6. The van der Waals surface area contributed by atoms with Crippen LogP contribution in [0.1, 0.15) is 31.9 Å². The number of benzene rings is 1. The van der Waals surface area contributed by atoms with Crippen molar-refractivity contribution in [3.63, 3.8) is 0 Å². The molecule has 0 fully saturated rings. The van der Waals surface area contributed by atoms with E-state index in [1.807, 2.05) is 32.0 Å². The number of nitrogens with two attached hydrogens (primary N) is 1. The quantitative estimate of drug-likeness (QED) is 0.878. The molecule has 0 bridgehead atoms. The zero-order valence-electron chi connectivity index (χ0n) is 10.0. The lowest BCUT2D eigenvalue weighted by Crippen LogP contribution is -2.24. The number of halogens is 1. The second kappa shape index (κ2) is 4.98.